The lowest BCUT2D eigenvalue weighted by atomic mass is 10.1. The van der Waals surface area contributed by atoms with Crippen LogP contribution in [0.4, 0.5) is 20.5 Å². The molecule has 4 aromatic heterocycles. The fourth-order valence-electron chi connectivity index (χ4n) is 5.02. The van der Waals surface area contributed by atoms with Gasteiger partial charge in [0.2, 0.25) is 11.8 Å². The van der Waals surface area contributed by atoms with Crippen LogP contribution in [0.25, 0.3) is 22.3 Å². The Morgan fingerprint density at radius 1 is 1.24 bits per heavy atom. The van der Waals surface area contributed by atoms with Gasteiger partial charge in [-0.25, -0.2) is 28.7 Å². The number of fused-ring (bicyclic) bond motifs is 2. The fraction of sp³-hybridized carbons (Fsp3) is 0.500. The Balaban J connectivity index is 1.23. The molecule has 9 atom stereocenters. The van der Waals surface area contributed by atoms with E-state index in [1.165, 1.54) is 21.8 Å². The molecule has 2 fully saturated rings. The van der Waals surface area contributed by atoms with Gasteiger partial charge in [-0.15, -0.1) is 11.8 Å². The molecule has 0 radical (unpaired) electrons. The number of hydrogen-bond acceptors (Lipinski definition) is 16. The smallest absolute Gasteiger partial charge is 0.325 e. The number of nitrogens with two attached hydrogens (primary N) is 2. The van der Waals surface area contributed by atoms with Crippen molar-refractivity contribution in [3.05, 3.63) is 29.3 Å². The first-order valence-corrected chi connectivity index (χ1v) is 17.6. The minimum Gasteiger partial charge on any atom is -0.395 e. The highest BCUT2D eigenvalue weighted by Crippen LogP contribution is 2.55. The highest BCUT2D eigenvalue weighted by atomic mass is 32.5. The molecule has 0 spiro atoms. The summed E-state index contributed by atoms with van der Waals surface area (Å²) in [5, 5.41) is 7.62. The van der Waals surface area contributed by atoms with E-state index in [1.807, 2.05) is 0 Å². The highest BCUT2D eigenvalue weighted by Gasteiger charge is 2.54. The van der Waals surface area contributed by atoms with E-state index in [-0.39, 0.29) is 34.1 Å². The van der Waals surface area contributed by atoms with Crippen molar-refractivity contribution in [2.75, 3.05) is 24.7 Å². The van der Waals surface area contributed by atoms with Crippen LogP contribution >= 0.6 is 26.7 Å². The Kier molecular flexibility index (Phi) is 8.71. The van der Waals surface area contributed by atoms with Crippen LogP contribution in [0, 0.1) is 0 Å². The van der Waals surface area contributed by atoms with E-state index in [9.17, 15) is 24.3 Å². The van der Waals surface area contributed by atoms with Crippen molar-refractivity contribution >= 4 is 72.6 Å². The Morgan fingerprint density at radius 3 is 2.71 bits per heavy atom. The van der Waals surface area contributed by atoms with Gasteiger partial charge in [0.05, 0.1) is 37.5 Å². The van der Waals surface area contributed by atoms with Crippen molar-refractivity contribution in [3.8, 4) is 0 Å². The number of H-pyrrole nitrogens is 1. The number of rotatable bonds is 10. The maximum Gasteiger partial charge on any atom is 0.325 e. The van der Waals surface area contributed by atoms with Crippen LogP contribution in [-0.2, 0) is 34.7 Å². The SMILES string of the molecule is Nc1nc2c(ncn2[C@@H]2S[C@H](CO)[C@@H](F)[C@H]2OP(O)(=S)OC[C@H]2O[C@@H](n3cnc4c(N)ncnc43)C[C@@]2(F)O[PH](=O)O)c(=O)[nH]1. The molecular weight excluding hydrogens is 688 g/mol. The number of aromatic amines is 1. The summed E-state index contributed by atoms with van der Waals surface area (Å²) in [6.45, 7) is -5.94. The maximum atomic E-state index is 16.0. The third-order valence-corrected chi connectivity index (χ3v) is 10.6. The molecule has 0 aliphatic carbocycles. The zero-order valence-electron chi connectivity index (χ0n) is 22.4. The summed E-state index contributed by atoms with van der Waals surface area (Å²) in [6.07, 6.45) is -3.51. The molecule has 25 heteroatoms. The first-order chi connectivity index (χ1) is 21.3. The summed E-state index contributed by atoms with van der Waals surface area (Å²) < 4.78 is 67.0. The molecule has 0 amide bonds. The van der Waals surface area contributed by atoms with Crippen molar-refractivity contribution in [1.29, 1.82) is 0 Å². The summed E-state index contributed by atoms with van der Waals surface area (Å²) in [5.74, 6) is -3.12. The lowest BCUT2D eigenvalue weighted by molar-refractivity contribution is -0.132. The van der Waals surface area contributed by atoms with Crippen LogP contribution in [0.3, 0.4) is 0 Å². The Labute approximate surface area is 259 Å². The average molecular weight is 713 g/mol. The van der Waals surface area contributed by atoms with Gasteiger partial charge in [-0.2, -0.15) is 4.98 Å². The first-order valence-electron chi connectivity index (χ1n) is 12.8. The molecule has 2 aliphatic rings. The Morgan fingerprint density at radius 2 is 1.98 bits per heavy atom. The topological polar surface area (TPSA) is 274 Å². The van der Waals surface area contributed by atoms with Crippen LogP contribution in [0.2, 0.25) is 0 Å². The Bertz CT molecular complexity index is 1890. The summed E-state index contributed by atoms with van der Waals surface area (Å²) in [6, 6.07) is 0. The quantitative estimate of drug-likeness (QED) is 0.118. The van der Waals surface area contributed by atoms with E-state index in [4.69, 9.17) is 41.6 Å². The molecule has 2 aliphatic heterocycles. The molecule has 45 heavy (non-hydrogen) atoms. The summed E-state index contributed by atoms with van der Waals surface area (Å²) in [5.41, 5.74) is 11.0. The van der Waals surface area contributed by atoms with E-state index < -0.39 is 81.3 Å². The molecule has 2 unspecified atom stereocenters. The van der Waals surface area contributed by atoms with E-state index in [2.05, 4.69) is 29.9 Å². The number of thioether (sulfide) groups is 1. The molecule has 244 valence electrons. The molecule has 0 bridgehead atoms. The molecule has 4 aromatic rings. The second-order valence-electron chi connectivity index (χ2n) is 9.82. The van der Waals surface area contributed by atoms with Crippen LogP contribution in [0.5, 0.6) is 0 Å². The van der Waals surface area contributed by atoms with Gasteiger partial charge in [0.25, 0.3) is 5.56 Å². The average Bonchev–Trinajstić information content (AvgIpc) is 3.72. The van der Waals surface area contributed by atoms with Gasteiger partial charge in [-0.3, -0.25) is 32.5 Å². The maximum absolute atomic E-state index is 16.0. The minimum absolute atomic E-state index is 0.0247. The highest BCUT2D eigenvalue weighted by molar-refractivity contribution is 8.07. The number of aromatic nitrogens is 8. The standard InChI is InChI=1S/C20H24F2N10O9P2S2/c21-10-7(2-33)45-18(32-6-28-12-16(32)29-19(24)30-17(12)34)13(10)40-43(37,44)38-3-8-20(22,41-42(35)36)1-9(39-8)31-5-27-11-14(23)25-4-26-15(11)31/h4-10,13,18,33,42H,1-3H2,(H,35,36)(H,37,44)(H2,23,25,26)(H3,24,29,30,34)/t7-,8-,9-,10-,13-,18-,20-,43?/m1/s1. The number of nitrogen functional groups attached to an aromatic ring is 2. The van der Waals surface area contributed by atoms with Gasteiger partial charge in [0, 0.05) is 0 Å². The summed E-state index contributed by atoms with van der Waals surface area (Å²) in [4.78, 5) is 54.9. The number of aliphatic hydroxyl groups excluding tert-OH is 1. The predicted octanol–water partition coefficient (Wildman–Crippen LogP) is 0.0388. The number of alkyl halides is 2. The van der Waals surface area contributed by atoms with Crippen LogP contribution in [0.15, 0.2) is 23.8 Å². The third kappa shape index (κ3) is 6.10. The normalized spacial score (nSPS) is 30.7. The van der Waals surface area contributed by atoms with Crippen LogP contribution in [0.1, 0.15) is 18.0 Å². The van der Waals surface area contributed by atoms with Crippen molar-refractivity contribution in [2.24, 2.45) is 0 Å². The van der Waals surface area contributed by atoms with Crippen LogP contribution in [-0.4, -0.2) is 96.6 Å². The van der Waals surface area contributed by atoms with Crippen LogP contribution < -0.4 is 17.0 Å². The zero-order chi connectivity index (χ0) is 32.3. The Hall–Kier alpha value is -2.69. The monoisotopic (exact) mass is 712 g/mol. The molecule has 2 saturated heterocycles. The fourth-order valence-corrected chi connectivity index (χ4v) is 8.41. The van der Waals surface area contributed by atoms with E-state index >= 15 is 8.78 Å². The molecule has 0 aromatic carbocycles. The minimum atomic E-state index is -4.44. The number of halogens is 2. The number of aliphatic hydroxyl groups is 1. The third-order valence-electron chi connectivity index (χ3n) is 7.02. The molecule has 6 rings (SSSR count). The lowest BCUT2D eigenvalue weighted by Gasteiger charge is -2.28. The number of ether oxygens (including phenoxy) is 1. The van der Waals surface area contributed by atoms with Gasteiger partial charge in [0.15, 0.2) is 22.6 Å². The largest absolute Gasteiger partial charge is 0.395 e. The zero-order valence-corrected chi connectivity index (χ0v) is 25.9. The second kappa shape index (κ2) is 12.2. The van der Waals surface area contributed by atoms with Crippen molar-refractivity contribution < 1.29 is 46.5 Å². The van der Waals surface area contributed by atoms with E-state index in [1.54, 1.807) is 0 Å². The van der Waals surface area contributed by atoms with E-state index in [0.29, 0.717) is 0 Å². The van der Waals surface area contributed by atoms with Crippen molar-refractivity contribution in [2.45, 2.75) is 47.5 Å². The van der Waals surface area contributed by atoms with Gasteiger partial charge in [0.1, 0.15) is 41.8 Å². The lowest BCUT2D eigenvalue weighted by Crippen LogP contribution is -2.38. The number of nitrogens with one attached hydrogen (secondary N) is 1. The van der Waals surface area contributed by atoms with Crippen molar-refractivity contribution in [1.82, 2.24) is 39.0 Å². The van der Waals surface area contributed by atoms with Gasteiger partial charge < -0.3 is 35.6 Å². The molecule has 19 nitrogen and oxygen atoms in total. The number of imidazole rings is 2. The molecule has 6 heterocycles. The number of anilines is 2. The number of nitrogens with zero attached hydrogens (tertiary/aromatic N) is 7. The predicted molar refractivity (Wildman–Crippen MR) is 157 cm³/mol. The summed E-state index contributed by atoms with van der Waals surface area (Å²) in [7, 11) is -3.86. The molecular formula is C20H24F2N10O9P2S2. The van der Waals surface area contributed by atoms with Gasteiger partial charge >= 0.3 is 15.0 Å². The van der Waals surface area contributed by atoms with E-state index in [0.717, 1.165) is 18.1 Å². The summed E-state index contributed by atoms with van der Waals surface area (Å²) >= 11 is 6.01. The molecule has 8 N–H and O–H groups in total. The second-order valence-corrected chi connectivity index (χ2v) is 14.7. The first kappa shape index (κ1) is 32.3. The van der Waals surface area contributed by atoms with Crippen molar-refractivity contribution in [3.63, 3.8) is 0 Å². The van der Waals surface area contributed by atoms with Gasteiger partial charge in [-0.1, -0.05) is 0 Å². The number of hydrogen-bond donors (Lipinski definition) is 6. The molecule has 0 saturated carbocycles. The van der Waals surface area contributed by atoms with Gasteiger partial charge in [-0.05, 0) is 11.8 Å².